The van der Waals surface area contributed by atoms with Crippen LogP contribution >= 0.6 is 22.6 Å². The summed E-state index contributed by atoms with van der Waals surface area (Å²) in [5, 5.41) is 0. The van der Waals surface area contributed by atoms with E-state index in [-0.39, 0.29) is 8.84 Å². The van der Waals surface area contributed by atoms with Crippen molar-refractivity contribution >= 4 is 34.2 Å². The predicted octanol–water partition coefficient (Wildman–Crippen LogP) is 4.72. The number of rotatable bonds is 8. The summed E-state index contributed by atoms with van der Waals surface area (Å²) in [5.41, 5.74) is -0.207. The van der Waals surface area contributed by atoms with E-state index in [9.17, 15) is 9.59 Å². The monoisotopic (exact) mass is 366 g/mol. The van der Waals surface area contributed by atoms with Crippen LogP contribution in [0.5, 0.6) is 0 Å². The Labute approximate surface area is 125 Å². The molecule has 0 unspecified atom stereocenters. The van der Waals surface area contributed by atoms with Gasteiger partial charge in [0.25, 0.3) is 0 Å². The van der Waals surface area contributed by atoms with Gasteiger partial charge < -0.3 is 0 Å². The van der Waals surface area contributed by atoms with Crippen LogP contribution in [0.15, 0.2) is 0 Å². The Morgan fingerprint density at radius 1 is 0.778 bits per heavy atom. The van der Waals surface area contributed by atoms with Gasteiger partial charge in [-0.3, -0.25) is 9.59 Å². The van der Waals surface area contributed by atoms with Gasteiger partial charge in [-0.1, -0.05) is 56.2 Å². The summed E-state index contributed by atoms with van der Waals surface area (Å²) in [6.07, 6.45) is 5.36. The summed E-state index contributed by atoms with van der Waals surface area (Å²) in [7, 11) is 0. The van der Waals surface area contributed by atoms with Gasteiger partial charge in [-0.25, -0.2) is 0 Å². The van der Waals surface area contributed by atoms with Gasteiger partial charge in [0.05, 0.1) is 3.42 Å². The van der Waals surface area contributed by atoms with Crippen molar-refractivity contribution in [2.45, 2.75) is 76.6 Å². The number of unbranched alkanes of at least 4 members (excludes halogenated alkanes) is 3. The molecule has 18 heavy (non-hydrogen) atoms. The molecule has 0 rings (SSSR count). The number of alkyl halides is 1. The SMILES string of the molecule is CC(C)(C)C(=O)CCCCCCC(=O)C(C)(C)I. The lowest BCUT2D eigenvalue weighted by molar-refractivity contribution is -0.126. The van der Waals surface area contributed by atoms with E-state index in [0.717, 1.165) is 25.7 Å². The number of Topliss-reactive ketones (excluding diaryl/α,β-unsaturated/α-hetero) is 2. The standard InChI is InChI=1S/C15H27IO2/c1-14(2,3)12(17)10-8-6-7-9-11-13(18)15(4,5)16/h6-11H2,1-5H3. The molecule has 0 aromatic heterocycles. The van der Waals surface area contributed by atoms with Gasteiger partial charge in [0.15, 0.2) is 0 Å². The van der Waals surface area contributed by atoms with Gasteiger partial charge in [0.1, 0.15) is 11.6 Å². The van der Waals surface area contributed by atoms with E-state index in [1.165, 1.54) is 0 Å². The van der Waals surface area contributed by atoms with Gasteiger partial charge in [-0.15, -0.1) is 0 Å². The van der Waals surface area contributed by atoms with Crippen LogP contribution in [0.2, 0.25) is 0 Å². The Kier molecular flexibility index (Phi) is 7.64. The molecule has 0 radical (unpaired) electrons. The fraction of sp³-hybridized carbons (Fsp3) is 0.867. The van der Waals surface area contributed by atoms with E-state index < -0.39 is 0 Å². The van der Waals surface area contributed by atoms with Gasteiger partial charge >= 0.3 is 0 Å². The first-order valence-corrected chi connectivity index (χ1v) is 7.88. The number of carbonyl (C=O) groups is 2. The lowest BCUT2D eigenvalue weighted by Crippen LogP contribution is -2.23. The highest BCUT2D eigenvalue weighted by molar-refractivity contribution is 14.1. The Morgan fingerprint density at radius 2 is 1.17 bits per heavy atom. The van der Waals surface area contributed by atoms with Crippen LogP contribution in [-0.4, -0.2) is 15.0 Å². The lowest BCUT2D eigenvalue weighted by Gasteiger charge is -2.16. The van der Waals surface area contributed by atoms with E-state index in [2.05, 4.69) is 22.6 Å². The van der Waals surface area contributed by atoms with Crippen molar-refractivity contribution < 1.29 is 9.59 Å². The molecule has 0 atom stereocenters. The number of hydrogen-bond acceptors (Lipinski definition) is 2. The molecule has 3 heteroatoms. The maximum Gasteiger partial charge on any atom is 0.148 e. The Balaban J connectivity index is 3.60. The molecule has 0 amide bonds. The van der Waals surface area contributed by atoms with Crippen LogP contribution in [0.3, 0.4) is 0 Å². The molecule has 0 fully saturated rings. The molecule has 0 aliphatic heterocycles. The first-order chi connectivity index (χ1) is 8.05. The van der Waals surface area contributed by atoms with E-state index >= 15 is 0 Å². The number of halogens is 1. The quantitative estimate of drug-likeness (QED) is 0.354. The van der Waals surface area contributed by atoms with Crippen LogP contribution in [-0.2, 0) is 9.59 Å². The summed E-state index contributed by atoms with van der Waals surface area (Å²) in [6.45, 7) is 9.82. The van der Waals surface area contributed by atoms with Crippen LogP contribution in [0.25, 0.3) is 0 Å². The van der Waals surface area contributed by atoms with Crippen LogP contribution in [0, 0.1) is 5.41 Å². The van der Waals surface area contributed by atoms with Crippen LogP contribution in [0.4, 0.5) is 0 Å². The fourth-order valence-corrected chi connectivity index (χ4v) is 1.87. The van der Waals surface area contributed by atoms with Gasteiger partial charge in [0, 0.05) is 18.3 Å². The second kappa shape index (κ2) is 7.61. The summed E-state index contributed by atoms with van der Waals surface area (Å²) >= 11 is 2.19. The Hall–Kier alpha value is 0.0700. The normalized spacial score (nSPS) is 12.6. The minimum Gasteiger partial charge on any atom is -0.299 e. The Bertz CT molecular complexity index is 252. The highest BCUT2D eigenvalue weighted by Crippen LogP contribution is 2.22. The predicted molar refractivity (Wildman–Crippen MR) is 85.3 cm³/mol. The smallest absolute Gasteiger partial charge is 0.148 e. The number of hydrogen-bond donors (Lipinski definition) is 0. The molecule has 2 nitrogen and oxygen atoms in total. The second-order valence-corrected chi connectivity index (χ2v) is 9.18. The molecule has 0 aliphatic rings. The van der Waals surface area contributed by atoms with Crippen molar-refractivity contribution in [3.05, 3.63) is 0 Å². The van der Waals surface area contributed by atoms with Crippen LogP contribution < -0.4 is 0 Å². The maximum absolute atomic E-state index is 11.7. The van der Waals surface area contributed by atoms with E-state index in [1.807, 2.05) is 34.6 Å². The highest BCUT2D eigenvalue weighted by Gasteiger charge is 2.22. The summed E-state index contributed by atoms with van der Waals surface area (Å²) in [5.74, 6) is 0.667. The molecule has 0 aromatic carbocycles. The molecule has 0 aliphatic carbocycles. The molecule has 0 aromatic rings. The Morgan fingerprint density at radius 3 is 1.50 bits per heavy atom. The van der Waals surface area contributed by atoms with Crippen molar-refractivity contribution in [2.75, 3.05) is 0 Å². The molecule has 0 saturated carbocycles. The third kappa shape index (κ3) is 8.22. The molecule has 0 spiro atoms. The minimum atomic E-state index is -0.236. The van der Waals surface area contributed by atoms with E-state index in [1.54, 1.807) is 0 Å². The third-order valence-electron chi connectivity index (χ3n) is 3.06. The van der Waals surface area contributed by atoms with Crippen LogP contribution in [0.1, 0.15) is 73.1 Å². The largest absolute Gasteiger partial charge is 0.299 e. The fourth-order valence-electron chi connectivity index (χ4n) is 1.60. The topological polar surface area (TPSA) is 34.1 Å². The molecule has 106 valence electrons. The van der Waals surface area contributed by atoms with Crippen molar-refractivity contribution in [1.29, 1.82) is 0 Å². The minimum absolute atomic E-state index is 0.207. The number of ketones is 2. The van der Waals surface area contributed by atoms with Gasteiger partial charge in [-0.2, -0.15) is 0 Å². The summed E-state index contributed by atoms with van der Waals surface area (Å²) < 4.78 is -0.236. The zero-order chi connectivity index (χ0) is 14.4. The second-order valence-electron chi connectivity index (χ2n) is 6.48. The lowest BCUT2D eigenvalue weighted by atomic mass is 9.87. The first kappa shape index (κ1) is 18.1. The van der Waals surface area contributed by atoms with Crippen molar-refractivity contribution in [2.24, 2.45) is 5.41 Å². The third-order valence-corrected chi connectivity index (χ3v) is 3.66. The average molecular weight is 366 g/mol. The molecule has 0 saturated heterocycles. The molecular formula is C15H27IO2. The maximum atomic E-state index is 11.7. The van der Waals surface area contributed by atoms with Crippen molar-refractivity contribution in [3.63, 3.8) is 0 Å². The van der Waals surface area contributed by atoms with Crippen molar-refractivity contribution in [3.8, 4) is 0 Å². The van der Waals surface area contributed by atoms with E-state index in [0.29, 0.717) is 24.4 Å². The molecular weight excluding hydrogens is 339 g/mol. The van der Waals surface area contributed by atoms with E-state index in [4.69, 9.17) is 0 Å². The van der Waals surface area contributed by atoms with Gasteiger partial charge in [-0.05, 0) is 26.7 Å². The molecule has 0 bridgehead atoms. The van der Waals surface area contributed by atoms with Gasteiger partial charge in [0.2, 0.25) is 0 Å². The number of carbonyl (C=O) groups excluding carboxylic acids is 2. The zero-order valence-electron chi connectivity index (χ0n) is 12.4. The average Bonchev–Trinajstić information content (AvgIpc) is 2.19. The zero-order valence-corrected chi connectivity index (χ0v) is 14.6. The molecule has 0 heterocycles. The first-order valence-electron chi connectivity index (χ1n) is 6.80. The summed E-state index contributed by atoms with van der Waals surface area (Å²) in [6, 6.07) is 0. The highest BCUT2D eigenvalue weighted by atomic mass is 127. The van der Waals surface area contributed by atoms with Crippen molar-refractivity contribution in [1.82, 2.24) is 0 Å². The summed E-state index contributed by atoms with van der Waals surface area (Å²) in [4.78, 5) is 23.4. The molecule has 0 N–H and O–H groups in total.